The SMILES string of the molecule is CC(C)c1ncc2c3c(oc2n1)CN(CC(=O)N1CCN(C2CCC2)CC1)CC3. The van der Waals surface area contributed by atoms with Crippen LogP contribution in [0, 0.1) is 0 Å². The van der Waals surface area contributed by atoms with Crippen molar-refractivity contribution in [3.8, 4) is 0 Å². The van der Waals surface area contributed by atoms with Crippen LogP contribution in [-0.2, 0) is 17.8 Å². The smallest absolute Gasteiger partial charge is 0.236 e. The molecule has 0 radical (unpaired) electrons. The topological polar surface area (TPSA) is 65.7 Å². The zero-order valence-electron chi connectivity index (χ0n) is 17.6. The van der Waals surface area contributed by atoms with Crippen molar-refractivity contribution in [1.29, 1.82) is 0 Å². The summed E-state index contributed by atoms with van der Waals surface area (Å²) >= 11 is 0. The van der Waals surface area contributed by atoms with Crippen LogP contribution in [0.15, 0.2) is 10.6 Å². The summed E-state index contributed by atoms with van der Waals surface area (Å²) in [6.45, 7) is 9.99. The lowest BCUT2D eigenvalue weighted by molar-refractivity contribution is -0.135. The van der Waals surface area contributed by atoms with Crippen LogP contribution in [0.1, 0.15) is 56.2 Å². The van der Waals surface area contributed by atoms with Crippen molar-refractivity contribution >= 4 is 17.0 Å². The third kappa shape index (κ3) is 3.66. The number of hydrogen-bond acceptors (Lipinski definition) is 6. The quantitative estimate of drug-likeness (QED) is 0.789. The van der Waals surface area contributed by atoms with Gasteiger partial charge in [-0.05, 0) is 19.3 Å². The van der Waals surface area contributed by atoms with E-state index in [4.69, 9.17) is 4.42 Å². The lowest BCUT2D eigenvalue weighted by Gasteiger charge is -2.43. The Bertz CT molecular complexity index is 896. The number of piperazine rings is 1. The Balaban J connectivity index is 1.20. The van der Waals surface area contributed by atoms with Gasteiger partial charge in [-0.25, -0.2) is 4.98 Å². The number of rotatable bonds is 4. The van der Waals surface area contributed by atoms with Crippen molar-refractivity contribution in [1.82, 2.24) is 24.7 Å². The monoisotopic (exact) mass is 397 g/mol. The second-order valence-corrected chi connectivity index (χ2v) is 9.07. The van der Waals surface area contributed by atoms with Crippen molar-refractivity contribution in [2.45, 2.75) is 58.0 Å². The molecule has 0 bridgehead atoms. The van der Waals surface area contributed by atoms with Gasteiger partial charge in [-0.15, -0.1) is 0 Å². The summed E-state index contributed by atoms with van der Waals surface area (Å²) < 4.78 is 6.07. The highest BCUT2D eigenvalue weighted by molar-refractivity contribution is 5.80. The highest BCUT2D eigenvalue weighted by Crippen LogP contribution is 2.30. The van der Waals surface area contributed by atoms with E-state index < -0.39 is 0 Å². The Hall–Kier alpha value is -1.99. The first-order valence-electron chi connectivity index (χ1n) is 11.1. The average molecular weight is 398 g/mol. The van der Waals surface area contributed by atoms with Crippen molar-refractivity contribution < 1.29 is 9.21 Å². The van der Waals surface area contributed by atoms with Crippen LogP contribution in [0.3, 0.4) is 0 Å². The Kier molecular flexibility index (Phi) is 5.04. The van der Waals surface area contributed by atoms with Crippen LogP contribution < -0.4 is 0 Å². The molecule has 0 aromatic carbocycles. The van der Waals surface area contributed by atoms with Crippen LogP contribution in [0.2, 0.25) is 0 Å². The maximum Gasteiger partial charge on any atom is 0.236 e. The molecule has 2 aromatic rings. The number of carbonyl (C=O) groups is 1. The van der Waals surface area contributed by atoms with Crippen LogP contribution in [0.25, 0.3) is 11.1 Å². The molecular formula is C22H31N5O2. The fourth-order valence-electron chi connectivity index (χ4n) is 4.74. The molecule has 1 amide bonds. The van der Waals surface area contributed by atoms with Crippen LogP contribution >= 0.6 is 0 Å². The molecule has 0 spiro atoms. The lowest BCUT2D eigenvalue weighted by Crippen LogP contribution is -2.55. The number of hydrogen-bond donors (Lipinski definition) is 0. The second-order valence-electron chi connectivity index (χ2n) is 9.07. The molecule has 0 atom stereocenters. The van der Waals surface area contributed by atoms with Crippen molar-refractivity contribution in [2.24, 2.45) is 0 Å². The summed E-state index contributed by atoms with van der Waals surface area (Å²) in [4.78, 5) is 28.8. The molecule has 2 aliphatic heterocycles. The Morgan fingerprint density at radius 1 is 1.21 bits per heavy atom. The first-order chi connectivity index (χ1) is 14.1. The standard InChI is InChI=1S/C22H31N5O2/c1-15(2)21-23-12-18-17-6-7-25(13-19(17)29-22(18)24-21)14-20(28)27-10-8-26(9-11-27)16-4-3-5-16/h12,15-16H,3-11,13-14H2,1-2H3. The van der Waals surface area contributed by atoms with Gasteiger partial charge in [-0.3, -0.25) is 14.6 Å². The minimum atomic E-state index is 0.250. The molecule has 29 heavy (non-hydrogen) atoms. The van der Waals surface area contributed by atoms with E-state index in [-0.39, 0.29) is 11.8 Å². The molecule has 3 aliphatic rings. The Morgan fingerprint density at radius 2 is 2.00 bits per heavy atom. The molecule has 1 aliphatic carbocycles. The van der Waals surface area contributed by atoms with Crippen molar-refractivity contribution in [3.05, 3.63) is 23.3 Å². The maximum atomic E-state index is 12.8. The number of nitrogens with zero attached hydrogens (tertiary/aromatic N) is 5. The van der Waals surface area contributed by atoms with Gasteiger partial charge in [0.1, 0.15) is 11.6 Å². The summed E-state index contributed by atoms with van der Waals surface area (Å²) in [5, 5.41) is 1.03. The van der Waals surface area contributed by atoms with Crippen LogP contribution in [0.4, 0.5) is 0 Å². The summed E-state index contributed by atoms with van der Waals surface area (Å²) in [5.41, 5.74) is 1.90. The minimum absolute atomic E-state index is 0.250. The molecule has 1 saturated heterocycles. The zero-order chi connectivity index (χ0) is 20.0. The first-order valence-corrected chi connectivity index (χ1v) is 11.1. The molecular weight excluding hydrogens is 366 g/mol. The third-order valence-corrected chi connectivity index (χ3v) is 6.83. The second kappa shape index (κ2) is 7.69. The fraction of sp³-hybridized carbons (Fsp3) is 0.682. The number of carbonyl (C=O) groups excluding carboxylic acids is 1. The zero-order valence-corrected chi connectivity index (χ0v) is 17.6. The van der Waals surface area contributed by atoms with E-state index in [0.717, 1.165) is 62.2 Å². The van der Waals surface area contributed by atoms with E-state index in [1.165, 1.54) is 24.8 Å². The normalized spacial score (nSPS) is 21.6. The Labute approximate surface area is 172 Å². The molecule has 0 unspecified atom stereocenters. The van der Waals surface area contributed by atoms with E-state index in [1.807, 2.05) is 11.1 Å². The van der Waals surface area contributed by atoms with Gasteiger partial charge in [0.2, 0.25) is 11.6 Å². The van der Waals surface area contributed by atoms with Gasteiger partial charge < -0.3 is 9.32 Å². The minimum Gasteiger partial charge on any atom is -0.441 e. The molecule has 4 heterocycles. The summed E-state index contributed by atoms with van der Waals surface area (Å²) in [7, 11) is 0. The molecule has 7 heteroatoms. The van der Waals surface area contributed by atoms with Crippen molar-refractivity contribution in [3.63, 3.8) is 0 Å². The van der Waals surface area contributed by atoms with Crippen molar-refractivity contribution in [2.75, 3.05) is 39.3 Å². The highest BCUT2D eigenvalue weighted by atomic mass is 16.3. The summed E-state index contributed by atoms with van der Waals surface area (Å²) in [6.07, 6.45) is 6.83. The maximum absolute atomic E-state index is 12.8. The average Bonchev–Trinajstić information content (AvgIpc) is 3.04. The van der Waals surface area contributed by atoms with Gasteiger partial charge in [0, 0.05) is 56.4 Å². The predicted molar refractivity (Wildman–Crippen MR) is 111 cm³/mol. The van der Waals surface area contributed by atoms with E-state index in [1.54, 1.807) is 0 Å². The van der Waals surface area contributed by atoms with E-state index in [9.17, 15) is 4.79 Å². The van der Waals surface area contributed by atoms with Crippen LogP contribution in [-0.4, -0.2) is 75.9 Å². The number of amides is 1. The molecule has 5 rings (SSSR count). The fourth-order valence-corrected chi connectivity index (χ4v) is 4.74. The molecule has 7 nitrogen and oxygen atoms in total. The molecule has 156 valence electrons. The van der Waals surface area contributed by atoms with E-state index in [0.29, 0.717) is 18.8 Å². The predicted octanol–water partition coefficient (Wildman–Crippen LogP) is 2.40. The molecule has 1 saturated carbocycles. The van der Waals surface area contributed by atoms with E-state index >= 15 is 0 Å². The van der Waals surface area contributed by atoms with Gasteiger partial charge in [0.25, 0.3) is 0 Å². The number of fused-ring (bicyclic) bond motifs is 3. The largest absolute Gasteiger partial charge is 0.441 e. The van der Waals surface area contributed by atoms with Crippen LogP contribution in [0.5, 0.6) is 0 Å². The van der Waals surface area contributed by atoms with Gasteiger partial charge in [0.15, 0.2) is 0 Å². The molecule has 2 fully saturated rings. The van der Waals surface area contributed by atoms with Gasteiger partial charge in [0.05, 0.1) is 18.5 Å². The highest BCUT2D eigenvalue weighted by Gasteiger charge is 2.31. The first kappa shape index (κ1) is 19.0. The third-order valence-electron chi connectivity index (χ3n) is 6.83. The van der Waals surface area contributed by atoms with E-state index in [2.05, 4.69) is 33.6 Å². The molecule has 2 aromatic heterocycles. The summed E-state index contributed by atoms with van der Waals surface area (Å²) in [5.74, 6) is 2.29. The summed E-state index contributed by atoms with van der Waals surface area (Å²) in [6, 6.07) is 0.778. The lowest BCUT2D eigenvalue weighted by atomic mass is 9.91. The van der Waals surface area contributed by atoms with Gasteiger partial charge in [-0.1, -0.05) is 20.3 Å². The molecule has 0 N–H and O–H groups in total. The Morgan fingerprint density at radius 3 is 2.69 bits per heavy atom. The number of furan rings is 1. The number of aromatic nitrogens is 2. The van der Waals surface area contributed by atoms with Gasteiger partial charge >= 0.3 is 0 Å². The van der Waals surface area contributed by atoms with Gasteiger partial charge in [-0.2, -0.15) is 4.98 Å².